The van der Waals surface area contributed by atoms with Crippen molar-refractivity contribution in [3.8, 4) is 11.3 Å². The van der Waals surface area contributed by atoms with E-state index < -0.39 is 11.7 Å². The Morgan fingerprint density at radius 1 is 1.13 bits per heavy atom. The standard InChI is InChI=1S/C23H18FN5O/c1-29-8-7-14-9-13(5-6-20(14)29)19-11-15-10-16(12-26-22(15)28-19)27-23(30)17-3-2-4-18(25)21(17)24/h2-12H,25H2,1H3,(H,26,28)(H,27,30). The van der Waals surface area contributed by atoms with Crippen LogP contribution in [0.1, 0.15) is 10.4 Å². The number of aromatic amines is 1. The Balaban J connectivity index is 1.46. The van der Waals surface area contributed by atoms with Crippen LogP contribution in [-0.4, -0.2) is 20.4 Å². The number of H-pyrrole nitrogens is 1. The van der Waals surface area contributed by atoms with Crippen molar-refractivity contribution >= 4 is 39.2 Å². The van der Waals surface area contributed by atoms with E-state index in [0.717, 1.165) is 27.5 Å². The first kappa shape index (κ1) is 17.9. The molecule has 0 bridgehead atoms. The van der Waals surface area contributed by atoms with Gasteiger partial charge in [-0.1, -0.05) is 12.1 Å². The number of carbonyl (C=O) groups is 1. The molecule has 148 valence electrons. The zero-order valence-electron chi connectivity index (χ0n) is 16.1. The molecule has 6 nitrogen and oxygen atoms in total. The van der Waals surface area contributed by atoms with Gasteiger partial charge in [-0.2, -0.15) is 0 Å². The largest absolute Gasteiger partial charge is 0.396 e. The Kier molecular flexibility index (Phi) is 4.03. The first-order valence-corrected chi connectivity index (χ1v) is 9.39. The smallest absolute Gasteiger partial charge is 0.258 e. The molecule has 5 rings (SSSR count). The van der Waals surface area contributed by atoms with Gasteiger partial charge in [-0.3, -0.25) is 4.79 Å². The molecule has 1 amide bonds. The quantitative estimate of drug-likeness (QED) is 0.384. The molecule has 0 aliphatic carbocycles. The number of halogens is 1. The number of hydrogen-bond acceptors (Lipinski definition) is 3. The lowest BCUT2D eigenvalue weighted by molar-refractivity contribution is 0.102. The monoisotopic (exact) mass is 399 g/mol. The van der Waals surface area contributed by atoms with Gasteiger partial charge in [0.15, 0.2) is 5.82 Å². The third-order valence-corrected chi connectivity index (χ3v) is 5.20. The Morgan fingerprint density at radius 2 is 2.00 bits per heavy atom. The number of hydrogen-bond donors (Lipinski definition) is 3. The van der Waals surface area contributed by atoms with Crippen LogP contribution in [0.3, 0.4) is 0 Å². The highest BCUT2D eigenvalue weighted by atomic mass is 19.1. The van der Waals surface area contributed by atoms with E-state index in [-0.39, 0.29) is 11.3 Å². The van der Waals surface area contributed by atoms with Crippen molar-refractivity contribution in [3.05, 3.63) is 78.4 Å². The second kappa shape index (κ2) is 6.73. The van der Waals surface area contributed by atoms with E-state index in [1.807, 2.05) is 19.3 Å². The number of nitrogen functional groups attached to an aromatic ring is 1. The van der Waals surface area contributed by atoms with Crippen LogP contribution in [-0.2, 0) is 7.05 Å². The summed E-state index contributed by atoms with van der Waals surface area (Å²) in [5.74, 6) is -1.31. The van der Waals surface area contributed by atoms with Crippen molar-refractivity contribution in [1.29, 1.82) is 0 Å². The van der Waals surface area contributed by atoms with Crippen LogP contribution >= 0.6 is 0 Å². The average Bonchev–Trinajstić information content (AvgIpc) is 3.33. The van der Waals surface area contributed by atoms with Gasteiger partial charge >= 0.3 is 0 Å². The average molecular weight is 399 g/mol. The molecule has 0 fully saturated rings. The second-order valence-electron chi connectivity index (χ2n) is 7.21. The summed E-state index contributed by atoms with van der Waals surface area (Å²) < 4.78 is 16.2. The topological polar surface area (TPSA) is 88.7 Å². The van der Waals surface area contributed by atoms with Gasteiger partial charge in [-0.05, 0) is 48.0 Å². The molecule has 0 saturated carbocycles. The minimum absolute atomic E-state index is 0.0677. The molecule has 5 aromatic rings. The van der Waals surface area contributed by atoms with Crippen LogP contribution in [0.5, 0.6) is 0 Å². The maximum atomic E-state index is 14.1. The number of nitrogens with two attached hydrogens (primary N) is 1. The first-order valence-electron chi connectivity index (χ1n) is 9.39. The Bertz CT molecular complexity index is 1430. The summed E-state index contributed by atoms with van der Waals surface area (Å²) in [4.78, 5) is 20.1. The lowest BCUT2D eigenvalue weighted by Gasteiger charge is -2.07. The number of fused-ring (bicyclic) bond motifs is 2. The molecule has 3 heterocycles. The maximum Gasteiger partial charge on any atom is 0.258 e. The molecule has 0 radical (unpaired) electrons. The van der Waals surface area contributed by atoms with Crippen molar-refractivity contribution in [1.82, 2.24) is 14.5 Å². The molecular formula is C23H18FN5O. The van der Waals surface area contributed by atoms with E-state index in [1.165, 1.54) is 24.4 Å². The number of anilines is 2. The molecule has 0 spiro atoms. The molecule has 3 aromatic heterocycles. The van der Waals surface area contributed by atoms with Crippen molar-refractivity contribution in [3.63, 3.8) is 0 Å². The Morgan fingerprint density at radius 3 is 2.87 bits per heavy atom. The van der Waals surface area contributed by atoms with Crippen LogP contribution in [0.15, 0.2) is 67.0 Å². The van der Waals surface area contributed by atoms with Gasteiger partial charge in [0.1, 0.15) is 5.65 Å². The van der Waals surface area contributed by atoms with Gasteiger partial charge in [-0.15, -0.1) is 0 Å². The molecule has 0 aliphatic heterocycles. The lowest BCUT2D eigenvalue weighted by atomic mass is 10.1. The van der Waals surface area contributed by atoms with Crippen molar-refractivity contribution in [2.45, 2.75) is 0 Å². The van der Waals surface area contributed by atoms with E-state index in [2.05, 4.69) is 44.1 Å². The lowest BCUT2D eigenvalue weighted by Crippen LogP contribution is -2.14. The van der Waals surface area contributed by atoms with Crippen LogP contribution < -0.4 is 11.1 Å². The highest BCUT2D eigenvalue weighted by molar-refractivity contribution is 6.05. The minimum Gasteiger partial charge on any atom is -0.396 e. The third-order valence-electron chi connectivity index (χ3n) is 5.20. The van der Waals surface area contributed by atoms with Crippen molar-refractivity contribution < 1.29 is 9.18 Å². The number of aromatic nitrogens is 3. The Labute approximate surface area is 171 Å². The molecule has 30 heavy (non-hydrogen) atoms. The van der Waals surface area contributed by atoms with E-state index in [4.69, 9.17) is 5.73 Å². The maximum absolute atomic E-state index is 14.1. The zero-order valence-corrected chi connectivity index (χ0v) is 16.1. The molecule has 0 unspecified atom stereocenters. The van der Waals surface area contributed by atoms with Crippen LogP contribution in [0.2, 0.25) is 0 Å². The number of aryl methyl sites for hydroxylation is 1. The van der Waals surface area contributed by atoms with E-state index in [0.29, 0.717) is 11.3 Å². The predicted molar refractivity (Wildman–Crippen MR) is 117 cm³/mol. The number of nitrogens with one attached hydrogen (secondary N) is 2. The fourth-order valence-corrected chi connectivity index (χ4v) is 3.61. The van der Waals surface area contributed by atoms with Gasteiger partial charge in [-0.25, -0.2) is 9.37 Å². The van der Waals surface area contributed by atoms with E-state index >= 15 is 0 Å². The van der Waals surface area contributed by atoms with Gasteiger partial charge < -0.3 is 20.6 Å². The third kappa shape index (κ3) is 2.97. The summed E-state index contributed by atoms with van der Waals surface area (Å²) in [6, 6.07) is 16.4. The van der Waals surface area contributed by atoms with Crippen LogP contribution in [0, 0.1) is 5.82 Å². The van der Waals surface area contributed by atoms with Gasteiger partial charge in [0.05, 0.1) is 23.1 Å². The van der Waals surface area contributed by atoms with Crippen molar-refractivity contribution in [2.24, 2.45) is 7.05 Å². The summed E-state index contributed by atoms with van der Waals surface area (Å²) in [5, 5.41) is 4.67. The minimum atomic E-state index is -0.732. The van der Waals surface area contributed by atoms with Gasteiger partial charge in [0.25, 0.3) is 5.91 Å². The molecule has 4 N–H and O–H groups in total. The number of carbonyl (C=O) groups excluding carboxylic acids is 1. The highest BCUT2D eigenvalue weighted by Gasteiger charge is 2.15. The number of pyridine rings is 1. The molecule has 7 heteroatoms. The number of amides is 1. The highest BCUT2D eigenvalue weighted by Crippen LogP contribution is 2.28. The van der Waals surface area contributed by atoms with Crippen molar-refractivity contribution in [2.75, 3.05) is 11.1 Å². The first-order chi connectivity index (χ1) is 14.5. The number of benzene rings is 2. The fraction of sp³-hybridized carbons (Fsp3) is 0.0435. The zero-order chi connectivity index (χ0) is 20.8. The predicted octanol–water partition coefficient (Wildman–Crippen LogP) is 4.70. The van der Waals surface area contributed by atoms with E-state index in [1.54, 1.807) is 6.07 Å². The normalized spacial score (nSPS) is 11.3. The molecule has 0 saturated heterocycles. The van der Waals surface area contributed by atoms with Gasteiger partial charge in [0.2, 0.25) is 0 Å². The van der Waals surface area contributed by atoms with Gasteiger partial charge in [0, 0.05) is 35.2 Å². The summed E-state index contributed by atoms with van der Waals surface area (Å²) >= 11 is 0. The summed E-state index contributed by atoms with van der Waals surface area (Å²) in [6.07, 6.45) is 3.56. The Hall–Kier alpha value is -4.13. The number of rotatable bonds is 3. The van der Waals surface area contributed by atoms with Crippen LogP contribution in [0.4, 0.5) is 15.8 Å². The second-order valence-corrected chi connectivity index (χ2v) is 7.21. The fourth-order valence-electron chi connectivity index (χ4n) is 3.61. The number of nitrogens with zero attached hydrogens (tertiary/aromatic N) is 2. The summed E-state index contributed by atoms with van der Waals surface area (Å²) in [7, 11) is 2.01. The molecule has 2 aromatic carbocycles. The summed E-state index contributed by atoms with van der Waals surface area (Å²) in [6.45, 7) is 0. The van der Waals surface area contributed by atoms with E-state index in [9.17, 15) is 9.18 Å². The molecule has 0 aliphatic rings. The summed E-state index contributed by atoms with van der Waals surface area (Å²) in [5.41, 5.74) is 9.67. The van der Waals surface area contributed by atoms with Crippen LogP contribution in [0.25, 0.3) is 33.2 Å². The molecule has 0 atom stereocenters. The molecular weight excluding hydrogens is 381 g/mol. The SMILES string of the molecule is Cn1ccc2cc(-c3cc4cc(NC(=O)c5cccc(N)c5F)cnc4[nH]3)ccc21.